The average Bonchev–Trinajstić information content (AvgIpc) is 2.77. The molecule has 0 unspecified atom stereocenters. The molecule has 2 aliphatic carbocycles. The van der Waals surface area contributed by atoms with E-state index in [0.717, 1.165) is 0 Å². The highest BCUT2D eigenvalue weighted by Gasteiger charge is 2.42. The van der Waals surface area contributed by atoms with Crippen molar-refractivity contribution in [3.05, 3.63) is 93.4 Å². The molecule has 4 rings (SSSR count). The molecule has 0 spiro atoms. The van der Waals surface area contributed by atoms with Crippen LogP contribution < -0.4 is 0 Å². The van der Waals surface area contributed by atoms with Crippen LogP contribution in [0.4, 0.5) is 0 Å². The smallest absolute Gasteiger partial charge is 0.228 e. The van der Waals surface area contributed by atoms with Crippen LogP contribution in [0.15, 0.2) is 71.2 Å². The zero-order valence-corrected chi connectivity index (χ0v) is 16.6. The molecular weight excluding hydrogens is 384 g/mol. The van der Waals surface area contributed by atoms with E-state index < -0.39 is 29.1 Å². The number of benzene rings is 2. The second-order valence-electron chi connectivity index (χ2n) is 7.02. The van der Waals surface area contributed by atoms with Crippen LogP contribution in [0, 0.1) is 5.92 Å². The van der Waals surface area contributed by atoms with Crippen molar-refractivity contribution < 1.29 is 28.7 Å². The monoisotopic (exact) mass is 402 g/mol. The van der Waals surface area contributed by atoms with E-state index in [0.29, 0.717) is 0 Å². The Morgan fingerprint density at radius 3 is 1.17 bits per heavy atom. The molecule has 0 aromatic heterocycles. The molecule has 30 heavy (non-hydrogen) atoms. The van der Waals surface area contributed by atoms with Crippen LogP contribution in [0.1, 0.15) is 48.4 Å². The maximum atomic E-state index is 13.3. The molecule has 0 aliphatic heterocycles. The van der Waals surface area contributed by atoms with E-state index in [4.69, 9.17) is 9.47 Å². The van der Waals surface area contributed by atoms with Crippen LogP contribution in [-0.2, 0) is 9.47 Å². The molecule has 0 radical (unpaired) electrons. The largest absolute Gasteiger partial charge is 0.492 e. The first kappa shape index (κ1) is 19.5. The van der Waals surface area contributed by atoms with Crippen LogP contribution in [0.3, 0.4) is 0 Å². The van der Waals surface area contributed by atoms with Gasteiger partial charge in [-0.05, 0) is 0 Å². The van der Waals surface area contributed by atoms with Gasteiger partial charge in [-0.1, -0.05) is 55.5 Å². The van der Waals surface area contributed by atoms with Gasteiger partial charge >= 0.3 is 0 Å². The molecular formula is C24H18O6. The Morgan fingerprint density at radius 2 is 0.867 bits per heavy atom. The number of hydrogen-bond donors (Lipinski definition) is 0. The fraction of sp³-hybridized carbons (Fsp3) is 0.167. The molecule has 0 saturated carbocycles. The van der Waals surface area contributed by atoms with Gasteiger partial charge in [0, 0.05) is 28.2 Å². The van der Waals surface area contributed by atoms with Crippen molar-refractivity contribution in [1.29, 1.82) is 0 Å². The van der Waals surface area contributed by atoms with E-state index in [1.807, 2.05) is 0 Å². The predicted molar refractivity (Wildman–Crippen MR) is 107 cm³/mol. The molecule has 0 amide bonds. The third-order valence-electron chi connectivity index (χ3n) is 5.50. The second kappa shape index (κ2) is 7.22. The Labute approximate surface area is 172 Å². The van der Waals surface area contributed by atoms with Gasteiger partial charge in [-0.3, -0.25) is 19.2 Å². The highest BCUT2D eigenvalue weighted by atomic mass is 16.5. The van der Waals surface area contributed by atoms with Crippen LogP contribution in [0.5, 0.6) is 0 Å². The number of fused-ring (bicyclic) bond motifs is 2. The first-order chi connectivity index (χ1) is 14.4. The highest BCUT2D eigenvalue weighted by Crippen LogP contribution is 2.38. The van der Waals surface area contributed by atoms with Crippen molar-refractivity contribution in [3.8, 4) is 0 Å². The van der Waals surface area contributed by atoms with E-state index >= 15 is 0 Å². The second-order valence-corrected chi connectivity index (χ2v) is 7.02. The number of ether oxygens (including phenoxy) is 2. The van der Waals surface area contributed by atoms with Gasteiger partial charge in [-0.2, -0.15) is 0 Å². The summed E-state index contributed by atoms with van der Waals surface area (Å²) >= 11 is 0. The summed E-state index contributed by atoms with van der Waals surface area (Å²) in [5.74, 6) is -2.88. The summed E-state index contributed by atoms with van der Waals surface area (Å²) in [6, 6.07) is 12.9. The zero-order chi connectivity index (χ0) is 21.6. The molecule has 2 aromatic carbocycles. The van der Waals surface area contributed by atoms with Crippen molar-refractivity contribution in [2.24, 2.45) is 5.92 Å². The number of allylic oxidation sites excluding steroid dienone is 4. The van der Waals surface area contributed by atoms with Crippen molar-refractivity contribution in [1.82, 2.24) is 0 Å². The van der Waals surface area contributed by atoms with Crippen molar-refractivity contribution in [3.63, 3.8) is 0 Å². The normalized spacial score (nSPS) is 16.1. The van der Waals surface area contributed by atoms with Crippen LogP contribution in [-0.4, -0.2) is 37.4 Å². The van der Waals surface area contributed by atoms with Gasteiger partial charge in [0.1, 0.15) is 0 Å². The summed E-state index contributed by atoms with van der Waals surface area (Å²) in [5, 5.41) is 0. The van der Waals surface area contributed by atoms with Gasteiger partial charge in [0.25, 0.3) is 0 Å². The lowest BCUT2D eigenvalue weighted by atomic mass is 9.75. The number of methoxy groups -OCH3 is 2. The van der Waals surface area contributed by atoms with E-state index in [9.17, 15) is 19.2 Å². The van der Waals surface area contributed by atoms with Crippen LogP contribution in [0.2, 0.25) is 0 Å². The summed E-state index contributed by atoms with van der Waals surface area (Å²) in [6.07, 6.45) is 0. The number of hydrogen-bond acceptors (Lipinski definition) is 6. The van der Waals surface area contributed by atoms with E-state index in [1.165, 1.54) is 14.2 Å². The fourth-order valence-corrected chi connectivity index (χ4v) is 4.08. The third kappa shape index (κ3) is 2.64. The molecule has 0 heterocycles. The van der Waals surface area contributed by atoms with Crippen LogP contribution in [0.25, 0.3) is 0 Å². The molecule has 0 N–H and O–H groups in total. The Morgan fingerprint density at radius 1 is 0.567 bits per heavy atom. The SMILES string of the molecule is COC1=C(C(C)C2=C(OC)C(=O)c3ccccc3C2=O)C(=O)c2ccccc2C1=O. The number of carbonyl (C=O) groups is 4. The Bertz CT molecular complexity index is 1100. The maximum Gasteiger partial charge on any atom is 0.228 e. The number of rotatable bonds is 4. The zero-order valence-electron chi connectivity index (χ0n) is 16.6. The first-order valence-corrected chi connectivity index (χ1v) is 9.35. The third-order valence-corrected chi connectivity index (χ3v) is 5.50. The quantitative estimate of drug-likeness (QED) is 0.777. The molecule has 2 aromatic rings. The lowest BCUT2D eigenvalue weighted by molar-refractivity contribution is 0.0879. The van der Waals surface area contributed by atoms with Gasteiger partial charge in [0.2, 0.25) is 11.6 Å². The van der Waals surface area contributed by atoms with Gasteiger partial charge in [-0.25, -0.2) is 0 Å². The minimum Gasteiger partial charge on any atom is -0.492 e. The van der Waals surface area contributed by atoms with Crippen LogP contribution >= 0.6 is 0 Å². The molecule has 0 bridgehead atoms. The van der Waals surface area contributed by atoms with Crippen molar-refractivity contribution in [2.45, 2.75) is 6.92 Å². The summed E-state index contributed by atoms with van der Waals surface area (Å²) < 4.78 is 10.6. The number of ketones is 4. The summed E-state index contributed by atoms with van der Waals surface area (Å²) in [5.41, 5.74) is 1.03. The standard InChI is InChI=1S/C24H18O6/c1-12(17-19(25)13-8-4-6-10-15(13)21(27)23(17)29-2)18-20(26)14-9-5-7-11-16(14)22(28)24(18)30-3/h4-12H,1-3H3. The number of Topliss-reactive ketones (excluding diaryl/α,β-unsaturated/α-hetero) is 4. The Kier molecular flexibility index (Phi) is 4.70. The molecule has 2 aliphatic rings. The van der Waals surface area contributed by atoms with E-state index in [1.54, 1.807) is 55.5 Å². The Balaban J connectivity index is 1.92. The molecule has 6 heteroatoms. The van der Waals surface area contributed by atoms with Crippen molar-refractivity contribution in [2.75, 3.05) is 14.2 Å². The van der Waals surface area contributed by atoms with E-state index in [2.05, 4.69) is 0 Å². The minimum absolute atomic E-state index is 0.0336. The maximum absolute atomic E-state index is 13.3. The topological polar surface area (TPSA) is 86.7 Å². The minimum atomic E-state index is -0.899. The highest BCUT2D eigenvalue weighted by molar-refractivity contribution is 6.29. The van der Waals surface area contributed by atoms with Crippen molar-refractivity contribution >= 4 is 23.1 Å². The molecule has 0 saturated heterocycles. The molecule has 150 valence electrons. The van der Waals surface area contributed by atoms with Gasteiger partial charge < -0.3 is 9.47 Å². The molecule has 6 nitrogen and oxygen atoms in total. The van der Waals surface area contributed by atoms with E-state index in [-0.39, 0.29) is 44.9 Å². The molecule has 0 atom stereocenters. The summed E-state index contributed by atoms with van der Waals surface area (Å²) in [7, 11) is 2.60. The fourth-order valence-electron chi connectivity index (χ4n) is 4.08. The molecule has 0 fully saturated rings. The van der Waals surface area contributed by atoms with Gasteiger partial charge in [0.05, 0.1) is 25.4 Å². The van der Waals surface area contributed by atoms with Gasteiger partial charge in [0.15, 0.2) is 23.1 Å². The average molecular weight is 402 g/mol. The first-order valence-electron chi connectivity index (χ1n) is 9.35. The summed E-state index contributed by atoms with van der Waals surface area (Å²) in [6.45, 7) is 1.60. The number of carbonyl (C=O) groups excluding carboxylic acids is 4. The predicted octanol–water partition coefficient (Wildman–Crippen LogP) is 3.58. The summed E-state index contributed by atoms with van der Waals surface area (Å²) in [4.78, 5) is 52.5. The lowest BCUT2D eigenvalue weighted by Gasteiger charge is -2.28. The van der Waals surface area contributed by atoms with Gasteiger partial charge in [-0.15, -0.1) is 0 Å². The Hall–Kier alpha value is -3.80. The lowest BCUT2D eigenvalue weighted by Crippen LogP contribution is -2.32.